The Labute approximate surface area is 191 Å². The lowest BCUT2D eigenvalue weighted by Gasteiger charge is -2.32. The molecule has 2 aromatic rings. The van der Waals surface area contributed by atoms with Gasteiger partial charge in [-0.1, -0.05) is 58.4 Å². The first-order valence-corrected chi connectivity index (χ1v) is 11.1. The number of nitrogens with one attached hydrogen (secondary N) is 1. The average molecular weight is 487 g/mol. The van der Waals surface area contributed by atoms with Crippen LogP contribution in [0.15, 0.2) is 59.1 Å². The second kappa shape index (κ2) is 9.64. The van der Waals surface area contributed by atoms with E-state index in [9.17, 15) is 14.4 Å². The van der Waals surface area contributed by atoms with Gasteiger partial charge < -0.3 is 10.1 Å². The fraction of sp³-hybridized carbons (Fsp3) is 0.375. The SMILES string of the molecule is CC(C)(C)OC(=O)N1[C@@H](c2ccccc2)CC[C@H]1C(=O)NCC(=O)c1ccc(Br)cc1. The van der Waals surface area contributed by atoms with E-state index in [1.807, 2.05) is 30.3 Å². The van der Waals surface area contributed by atoms with Crippen LogP contribution in [0.2, 0.25) is 0 Å². The van der Waals surface area contributed by atoms with Gasteiger partial charge in [0.25, 0.3) is 0 Å². The number of benzene rings is 2. The predicted octanol–water partition coefficient (Wildman–Crippen LogP) is 4.89. The second-order valence-corrected chi connectivity index (χ2v) is 9.47. The van der Waals surface area contributed by atoms with Gasteiger partial charge in [0.2, 0.25) is 5.91 Å². The minimum absolute atomic E-state index is 0.130. The van der Waals surface area contributed by atoms with Crippen molar-refractivity contribution in [3.63, 3.8) is 0 Å². The third-order valence-corrected chi connectivity index (χ3v) is 5.59. The van der Waals surface area contributed by atoms with Crippen molar-refractivity contribution in [3.8, 4) is 0 Å². The molecule has 0 radical (unpaired) electrons. The molecule has 2 amide bonds. The number of hydrogen-bond acceptors (Lipinski definition) is 4. The molecular formula is C24H27BrN2O4. The number of amides is 2. The molecule has 0 aliphatic carbocycles. The molecule has 0 spiro atoms. The number of ketones is 1. The Morgan fingerprint density at radius 1 is 1.03 bits per heavy atom. The summed E-state index contributed by atoms with van der Waals surface area (Å²) in [4.78, 5) is 39.9. The molecule has 0 saturated carbocycles. The third-order valence-electron chi connectivity index (χ3n) is 5.07. The highest BCUT2D eigenvalue weighted by molar-refractivity contribution is 9.10. The average Bonchev–Trinajstić information content (AvgIpc) is 3.17. The number of hydrogen-bond donors (Lipinski definition) is 1. The quantitative estimate of drug-likeness (QED) is 0.610. The Bertz CT molecular complexity index is 938. The summed E-state index contributed by atoms with van der Waals surface area (Å²) in [5, 5.41) is 2.71. The Kier molecular flexibility index (Phi) is 7.15. The van der Waals surface area contributed by atoms with Crippen molar-refractivity contribution >= 4 is 33.7 Å². The molecule has 1 fully saturated rings. The highest BCUT2D eigenvalue weighted by atomic mass is 79.9. The lowest BCUT2D eigenvalue weighted by molar-refractivity contribution is -0.125. The summed E-state index contributed by atoms with van der Waals surface area (Å²) in [5.74, 6) is -0.544. The molecule has 0 unspecified atom stereocenters. The van der Waals surface area contributed by atoms with E-state index in [0.29, 0.717) is 18.4 Å². The van der Waals surface area contributed by atoms with Crippen molar-refractivity contribution < 1.29 is 19.1 Å². The summed E-state index contributed by atoms with van der Waals surface area (Å²) in [5.41, 5.74) is 0.787. The van der Waals surface area contributed by atoms with E-state index >= 15 is 0 Å². The zero-order valence-electron chi connectivity index (χ0n) is 17.9. The van der Waals surface area contributed by atoms with Gasteiger partial charge >= 0.3 is 6.09 Å². The summed E-state index contributed by atoms with van der Waals surface area (Å²) < 4.78 is 6.47. The molecule has 0 bridgehead atoms. The highest BCUT2D eigenvalue weighted by Crippen LogP contribution is 2.37. The summed E-state index contributed by atoms with van der Waals surface area (Å²) in [6.07, 6.45) is 0.609. The maximum atomic E-state index is 13.0. The second-order valence-electron chi connectivity index (χ2n) is 8.56. The Hall–Kier alpha value is -2.67. The Morgan fingerprint density at radius 3 is 2.29 bits per heavy atom. The fourth-order valence-corrected chi connectivity index (χ4v) is 3.93. The first kappa shape index (κ1) is 23.0. The van der Waals surface area contributed by atoms with Crippen LogP contribution >= 0.6 is 15.9 Å². The molecule has 31 heavy (non-hydrogen) atoms. The molecular weight excluding hydrogens is 460 g/mol. The van der Waals surface area contributed by atoms with Gasteiger partial charge in [-0.15, -0.1) is 0 Å². The fourth-order valence-electron chi connectivity index (χ4n) is 3.66. The molecule has 2 atom stereocenters. The normalized spacial score (nSPS) is 18.5. The maximum Gasteiger partial charge on any atom is 0.411 e. The zero-order valence-corrected chi connectivity index (χ0v) is 19.5. The van der Waals surface area contributed by atoms with Crippen LogP contribution in [0.5, 0.6) is 0 Å². The van der Waals surface area contributed by atoms with Gasteiger partial charge in [-0.05, 0) is 51.3 Å². The first-order valence-electron chi connectivity index (χ1n) is 10.3. The smallest absolute Gasteiger partial charge is 0.411 e. The van der Waals surface area contributed by atoms with Gasteiger partial charge in [-0.2, -0.15) is 0 Å². The Morgan fingerprint density at radius 2 is 1.68 bits per heavy atom. The first-order chi connectivity index (χ1) is 14.7. The molecule has 1 heterocycles. The number of halogens is 1. The van der Waals surface area contributed by atoms with Crippen LogP contribution in [-0.2, 0) is 9.53 Å². The van der Waals surface area contributed by atoms with E-state index in [-0.39, 0.29) is 24.3 Å². The molecule has 1 N–H and O–H groups in total. The van der Waals surface area contributed by atoms with Crippen molar-refractivity contribution in [2.45, 2.75) is 51.3 Å². The van der Waals surface area contributed by atoms with Crippen LogP contribution < -0.4 is 5.32 Å². The summed E-state index contributed by atoms with van der Waals surface area (Å²) in [6, 6.07) is 15.6. The van der Waals surface area contributed by atoms with E-state index in [1.165, 1.54) is 4.90 Å². The molecule has 6 nitrogen and oxygen atoms in total. The van der Waals surface area contributed by atoms with Crippen LogP contribution in [0.25, 0.3) is 0 Å². The highest BCUT2D eigenvalue weighted by Gasteiger charge is 2.43. The number of carbonyl (C=O) groups excluding carboxylic acids is 3. The molecule has 0 aromatic heterocycles. The third kappa shape index (κ3) is 5.94. The number of likely N-dealkylation sites (tertiary alicyclic amines) is 1. The number of nitrogens with zero attached hydrogens (tertiary/aromatic N) is 1. The van der Waals surface area contributed by atoms with Gasteiger partial charge in [-0.25, -0.2) is 4.79 Å². The maximum absolute atomic E-state index is 13.0. The minimum Gasteiger partial charge on any atom is -0.444 e. The van der Waals surface area contributed by atoms with Crippen LogP contribution in [-0.4, -0.2) is 40.9 Å². The molecule has 3 rings (SSSR count). The molecule has 164 valence electrons. The lowest BCUT2D eigenvalue weighted by atomic mass is 10.1. The van der Waals surface area contributed by atoms with Gasteiger partial charge in [-0.3, -0.25) is 14.5 Å². The van der Waals surface area contributed by atoms with E-state index in [1.54, 1.807) is 45.0 Å². The van der Waals surface area contributed by atoms with E-state index in [2.05, 4.69) is 21.2 Å². The van der Waals surface area contributed by atoms with E-state index < -0.39 is 17.7 Å². The van der Waals surface area contributed by atoms with Crippen LogP contribution in [0, 0.1) is 0 Å². The van der Waals surface area contributed by atoms with Crippen molar-refractivity contribution in [2.75, 3.05) is 6.54 Å². The van der Waals surface area contributed by atoms with Crippen LogP contribution in [0.4, 0.5) is 4.79 Å². The number of Topliss-reactive ketones (excluding diaryl/α,β-unsaturated/α-hetero) is 1. The van der Waals surface area contributed by atoms with Crippen molar-refractivity contribution in [1.82, 2.24) is 10.2 Å². The lowest BCUT2D eigenvalue weighted by Crippen LogP contribution is -2.49. The minimum atomic E-state index is -0.697. The number of ether oxygens (including phenoxy) is 1. The largest absolute Gasteiger partial charge is 0.444 e. The molecule has 1 saturated heterocycles. The van der Waals surface area contributed by atoms with Crippen LogP contribution in [0.3, 0.4) is 0 Å². The summed E-state index contributed by atoms with van der Waals surface area (Å²) in [7, 11) is 0. The van der Waals surface area contributed by atoms with Gasteiger partial charge in [0.15, 0.2) is 5.78 Å². The van der Waals surface area contributed by atoms with Gasteiger partial charge in [0.05, 0.1) is 12.6 Å². The Balaban J connectivity index is 1.74. The molecule has 1 aliphatic rings. The van der Waals surface area contributed by atoms with Gasteiger partial charge in [0.1, 0.15) is 11.6 Å². The number of rotatable bonds is 5. The molecule has 7 heteroatoms. The van der Waals surface area contributed by atoms with Gasteiger partial charge in [0, 0.05) is 10.0 Å². The molecule has 1 aliphatic heterocycles. The summed E-state index contributed by atoms with van der Waals surface area (Å²) >= 11 is 3.34. The zero-order chi connectivity index (χ0) is 22.6. The predicted molar refractivity (Wildman–Crippen MR) is 122 cm³/mol. The van der Waals surface area contributed by atoms with E-state index in [4.69, 9.17) is 4.74 Å². The molecule has 2 aromatic carbocycles. The van der Waals surface area contributed by atoms with Crippen LogP contribution in [0.1, 0.15) is 55.6 Å². The monoisotopic (exact) mass is 486 g/mol. The topological polar surface area (TPSA) is 75.7 Å². The van der Waals surface area contributed by atoms with E-state index in [0.717, 1.165) is 10.0 Å². The van der Waals surface area contributed by atoms with Crippen molar-refractivity contribution in [1.29, 1.82) is 0 Å². The number of carbonyl (C=O) groups is 3. The standard InChI is InChI=1S/C24H27BrN2O4/c1-24(2,3)31-23(30)27-19(16-7-5-4-6-8-16)13-14-20(27)22(29)26-15-21(28)17-9-11-18(25)12-10-17/h4-12,19-20H,13-15H2,1-3H3,(H,26,29)/t19-,20+/m1/s1. The summed E-state index contributed by atoms with van der Waals surface area (Å²) in [6.45, 7) is 5.26. The van der Waals surface area contributed by atoms with Crippen molar-refractivity contribution in [3.05, 3.63) is 70.2 Å². The van der Waals surface area contributed by atoms with Crippen molar-refractivity contribution in [2.24, 2.45) is 0 Å².